The fourth-order valence-corrected chi connectivity index (χ4v) is 2.97. The Balaban J connectivity index is 2.88. The second-order valence-corrected chi connectivity index (χ2v) is 5.59. The van der Waals surface area contributed by atoms with Crippen LogP contribution in [0.4, 0.5) is 0 Å². The SMILES string of the molecule is Cc1ccc2sc(I)c(O)c2c1. The normalized spacial score (nSPS) is 10.8. The average molecular weight is 290 g/mol. The molecule has 0 atom stereocenters. The number of fused-ring (bicyclic) bond motifs is 1. The van der Waals surface area contributed by atoms with Gasteiger partial charge >= 0.3 is 0 Å². The Morgan fingerprint density at radius 1 is 1.42 bits per heavy atom. The molecule has 1 aromatic heterocycles. The molecule has 1 heterocycles. The van der Waals surface area contributed by atoms with Gasteiger partial charge in [-0.05, 0) is 41.6 Å². The minimum Gasteiger partial charge on any atom is -0.505 e. The molecule has 1 N–H and O–H groups in total. The van der Waals surface area contributed by atoms with Crippen LogP contribution >= 0.6 is 33.9 Å². The molecule has 0 fully saturated rings. The molecule has 0 saturated carbocycles. The van der Waals surface area contributed by atoms with E-state index < -0.39 is 0 Å². The van der Waals surface area contributed by atoms with Gasteiger partial charge in [0.1, 0.15) is 8.63 Å². The topological polar surface area (TPSA) is 20.2 Å². The molecule has 0 unspecified atom stereocenters. The van der Waals surface area contributed by atoms with E-state index >= 15 is 0 Å². The molecule has 0 aliphatic rings. The van der Waals surface area contributed by atoms with Gasteiger partial charge in [-0.15, -0.1) is 11.3 Å². The van der Waals surface area contributed by atoms with Crippen LogP contribution in [0, 0.1) is 9.81 Å². The molecular formula is C9H7IOS. The van der Waals surface area contributed by atoms with Gasteiger partial charge in [0.2, 0.25) is 0 Å². The Morgan fingerprint density at radius 3 is 2.92 bits per heavy atom. The average Bonchev–Trinajstić information content (AvgIpc) is 2.31. The van der Waals surface area contributed by atoms with Gasteiger partial charge in [-0.25, -0.2) is 0 Å². The van der Waals surface area contributed by atoms with Gasteiger partial charge in [-0.2, -0.15) is 0 Å². The predicted molar refractivity (Wildman–Crippen MR) is 60.9 cm³/mol. The first-order valence-electron chi connectivity index (χ1n) is 3.56. The van der Waals surface area contributed by atoms with E-state index in [0.29, 0.717) is 5.75 Å². The van der Waals surface area contributed by atoms with Gasteiger partial charge in [0.15, 0.2) is 0 Å². The van der Waals surface area contributed by atoms with Gasteiger partial charge < -0.3 is 5.11 Å². The molecule has 0 amide bonds. The molecule has 0 bridgehead atoms. The molecule has 0 spiro atoms. The Kier molecular flexibility index (Phi) is 2.00. The molecule has 0 saturated heterocycles. The first-order valence-corrected chi connectivity index (χ1v) is 5.45. The van der Waals surface area contributed by atoms with Crippen molar-refractivity contribution in [2.45, 2.75) is 6.92 Å². The van der Waals surface area contributed by atoms with Gasteiger partial charge in [0.05, 0.1) is 0 Å². The highest BCUT2D eigenvalue weighted by atomic mass is 127. The van der Waals surface area contributed by atoms with Crippen LogP contribution in [0.5, 0.6) is 5.75 Å². The molecule has 0 aliphatic heterocycles. The number of aromatic hydroxyl groups is 1. The lowest BCUT2D eigenvalue weighted by Gasteiger charge is -1.92. The monoisotopic (exact) mass is 290 g/mol. The number of benzene rings is 1. The van der Waals surface area contributed by atoms with E-state index in [4.69, 9.17) is 0 Å². The van der Waals surface area contributed by atoms with Crippen molar-refractivity contribution in [2.75, 3.05) is 0 Å². The highest BCUT2D eigenvalue weighted by molar-refractivity contribution is 14.1. The van der Waals surface area contributed by atoms with Crippen LogP contribution in [0.15, 0.2) is 18.2 Å². The molecule has 1 aromatic carbocycles. The molecule has 12 heavy (non-hydrogen) atoms. The first kappa shape index (κ1) is 8.31. The number of hydrogen-bond donors (Lipinski definition) is 1. The Labute approximate surface area is 88.2 Å². The Hall–Kier alpha value is -0.290. The summed E-state index contributed by atoms with van der Waals surface area (Å²) in [6.07, 6.45) is 0. The van der Waals surface area contributed by atoms with E-state index in [1.165, 1.54) is 5.56 Å². The van der Waals surface area contributed by atoms with Crippen LogP contribution in [0.25, 0.3) is 10.1 Å². The van der Waals surface area contributed by atoms with E-state index in [1.54, 1.807) is 11.3 Å². The summed E-state index contributed by atoms with van der Waals surface area (Å²) in [6, 6.07) is 6.13. The second kappa shape index (κ2) is 2.88. The Morgan fingerprint density at radius 2 is 2.17 bits per heavy atom. The van der Waals surface area contributed by atoms with E-state index in [9.17, 15) is 5.11 Å². The third-order valence-electron chi connectivity index (χ3n) is 1.78. The summed E-state index contributed by atoms with van der Waals surface area (Å²) in [6.45, 7) is 2.03. The number of halogens is 1. The van der Waals surface area contributed by atoms with Crippen molar-refractivity contribution in [2.24, 2.45) is 0 Å². The van der Waals surface area contributed by atoms with Gasteiger partial charge in [0.25, 0.3) is 0 Å². The highest BCUT2D eigenvalue weighted by Crippen LogP contribution is 2.37. The third-order valence-corrected chi connectivity index (χ3v) is 3.90. The molecule has 62 valence electrons. The number of rotatable bonds is 0. The molecule has 3 heteroatoms. The molecular weight excluding hydrogens is 283 g/mol. The summed E-state index contributed by atoms with van der Waals surface area (Å²) in [5, 5.41) is 10.6. The molecule has 0 radical (unpaired) electrons. The van der Waals surface area contributed by atoms with Gasteiger partial charge in [0, 0.05) is 10.1 Å². The third kappa shape index (κ3) is 1.21. The van der Waals surface area contributed by atoms with Crippen LogP contribution in [-0.2, 0) is 0 Å². The summed E-state index contributed by atoms with van der Waals surface area (Å²) in [5.41, 5.74) is 1.19. The number of hydrogen-bond acceptors (Lipinski definition) is 2. The lowest BCUT2D eigenvalue weighted by molar-refractivity contribution is 0.480. The second-order valence-electron chi connectivity index (χ2n) is 2.72. The fourth-order valence-electron chi connectivity index (χ4n) is 1.17. The maximum Gasteiger partial charge on any atom is 0.147 e. The van der Waals surface area contributed by atoms with E-state index in [0.717, 1.165) is 13.0 Å². The zero-order valence-corrected chi connectivity index (χ0v) is 9.44. The summed E-state index contributed by atoms with van der Waals surface area (Å²) < 4.78 is 2.12. The predicted octanol–water partition coefficient (Wildman–Crippen LogP) is 3.52. The largest absolute Gasteiger partial charge is 0.505 e. The summed E-state index contributed by atoms with van der Waals surface area (Å²) >= 11 is 3.78. The summed E-state index contributed by atoms with van der Waals surface area (Å²) in [5.74, 6) is 0.430. The van der Waals surface area contributed by atoms with E-state index in [1.807, 2.05) is 13.0 Å². The maximum absolute atomic E-state index is 9.63. The van der Waals surface area contributed by atoms with Crippen molar-refractivity contribution in [1.82, 2.24) is 0 Å². The lowest BCUT2D eigenvalue weighted by atomic mass is 10.2. The molecule has 2 rings (SSSR count). The van der Waals surface area contributed by atoms with Crippen molar-refractivity contribution in [3.63, 3.8) is 0 Å². The Bertz CT molecular complexity index is 433. The van der Waals surface area contributed by atoms with Crippen molar-refractivity contribution in [3.8, 4) is 5.75 Å². The van der Waals surface area contributed by atoms with Crippen molar-refractivity contribution in [1.29, 1.82) is 0 Å². The van der Waals surface area contributed by atoms with Crippen LogP contribution in [0.1, 0.15) is 5.56 Å². The van der Waals surface area contributed by atoms with Crippen molar-refractivity contribution >= 4 is 44.0 Å². The van der Waals surface area contributed by atoms with E-state index in [2.05, 4.69) is 34.7 Å². The molecule has 2 aromatic rings. The minimum atomic E-state index is 0.430. The fraction of sp³-hybridized carbons (Fsp3) is 0.111. The molecule has 1 nitrogen and oxygen atoms in total. The number of thiophene rings is 1. The lowest BCUT2D eigenvalue weighted by Crippen LogP contribution is -1.69. The maximum atomic E-state index is 9.63. The minimum absolute atomic E-state index is 0.430. The summed E-state index contributed by atoms with van der Waals surface area (Å²) in [4.78, 5) is 0. The van der Waals surface area contributed by atoms with Crippen LogP contribution in [-0.4, -0.2) is 5.11 Å². The van der Waals surface area contributed by atoms with Gasteiger partial charge in [-0.3, -0.25) is 0 Å². The van der Waals surface area contributed by atoms with Crippen LogP contribution in [0.2, 0.25) is 0 Å². The number of aryl methyl sites for hydroxylation is 1. The zero-order valence-electron chi connectivity index (χ0n) is 6.47. The highest BCUT2D eigenvalue weighted by Gasteiger charge is 2.07. The zero-order chi connectivity index (χ0) is 8.72. The standard InChI is InChI=1S/C9H7IOS/c1-5-2-3-7-6(4-5)8(11)9(10)12-7/h2-4,11H,1H3. The summed E-state index contributed by atoms with van der Waals surface area (Å²) in [7, 11) is 0. The molecule has 0 aliphatic carbocycles. The quantitative estimate of drug-likeness (QED) is 0.736. The smallest absolute Gasteiger partial charge is 0.147 e. The van der Waals surface area contributed by atoms with Crippen molar-refractivity contribution in [3.05, 3.63) is 26.6 Å². The van der Waals surface area contributed by atoms with Crippen LogP contribution < -0.4 is 0 Å². The van der Waals surface area contributed by atoms with Crippen molar-refractivity contribution < 1.29 is 5.11 Å². The van der Waals surface area contributed by atoms with Crippen LogP contribution in [0.3, 0.4) is 0 Å². The van der Waals surface area contributed by atoms with E-state index in [-0.39, 0.29) is 0 Å². The first-order chi connectivity index (χ1) is 5.68. The van der Waals surface area contributed by atoms with Gasteiger partial charge in [-0.1, -0.05) is 11.6 Å².